The minimum absolute atomic E-state index is 0.290. The number of benzene rings is 2. The molecule has 2 aromatic rings. The topological polar surface area (TPSA) is 54.2 Å². The Kier molecular flexibility index (Phi) is 8.61. The molecule has 0 radical (unpaired) electrons. The molecule has 0 heterocycles. The second kappa shape index (κ2) is 11.4. The summed E-state index contributed by atoms with van der Waals surface area (Å²) in [4.78, 5) is 0. The lowest BCUT2D eigenvalue weighted by molar-refractivity contribution is -0.922. The van der Waals surface area contributed by atoms with Gasteiger partial charge >= 0.3 is 0 Å². The average molecular weight is 425 g/mol. The number of azo groups is 1. The number of phenols is 1. The number of hydrogen-bond donors (Lipinski definition) is 1. The van der Waals surface area contributed by atoms with E-state index in [-0.39, 0.29) is 5.75 Å². The van der Waals surface area contributed by atoms with Gasteiger partial charge in [0.1, 0.15) is 12.3 Å². The van der Waals surface area contributed by atoms with Gasteiger partial charge in [-0.25, -0.2) is 0 Å². The van der Waals surface area contributed by atoms with Gasteiger partial charge in [0, 0.05) is 0 Å². The maximum atomic E-state index is 10.3. The largest absolute Gasteiger partial charge is 0.507 e. The fourth-order valence-corrected chi connectivity index (χ4v) is 4.26. The van der Waals surface area contributed by atoms with Gasteiger partial charge in [0.25, 0.3) is 0 Å². The van der Waals surface area contributed by atoms with Crippen molar-refractivity contribution in [1.29, 1.82) is 0 Å². The number of phenolic OH excluding ortho intramolecular Hbond substituents is 1. The van der Waals surface area contributed by atoms with E-state index in [1.165, 1.54) is 44.1 Å². The number of aromatic hydroxyl groups is 1. The number of quaternary nitrogens is 1. The molecule has 0 saturated heterocycles. The molecule has 1 saturated carbocycles. The highest BCUT2D eigenvalue weighted by molar-refractivity contribution is 5.47. The molecule has 168 valence electrons. The van der Waals surface area contributed by atoms with Crippen LogP contribution in [-0.4, -0.2) is 37.0 Å². The van der Waals surface area contributed by atoms with Gasteiger partial charge in [-0.2, -0.15) is 10.2 Å². The first-order valence-corrected chi connectivity index (χ1v) is 11.6. The monoisotopic (exact) mass is 424 g/mol. The minimum Gasteiger partial charge on any atom is -0.507 e. The van der Waals surface area contributed by atoms with Gasteiger partial charge in [-0.05, 0) is 56.0 Å². The Hall–Kier alpha value is -2.24. The quantitative estimate of drug-likeness (QED) is 0.193. The van der Waals surface area contributed by atoms with Crippen LogP contribution in [0.1, 0.15) is 56.1 Å². The minimum atomic E-state index is 0.290. The third kappa shape index (κ3) is 8.08. The van der Waals surface area contributed by atoms with Crippen molar-refractivity contribution in [3.63, 3.8) is 0 Å². The number of aryl methyl sites for hydroxylation is 1. The van der Waals surface area contributed by atoms with E-state index in [1.54, 1.807) is 12.1 Å². The average Bonchev–Trinajstić information content (AvgIpc) is 2.75. The van der Waals surface area contributed by atoms with Crippen molar-refractivity contribution >= 4 is 11.4 Å². The lowest BCUT2D eigenvalue weighted by atomic mass is 9.86. The summed E-state index contributed by atoms with van der Waals surface area (Å²) in [5.74, 6) is 1.20. The zero-order valence-electron chi connectivity index (χ0n) is 19.4. The highest BCUT2D eigenvalue weighted by atomic mass is 16.5. The van der Waals surface area contributed by atoms with E-state index in [2.05, 4.69) is 24.3 Å². The van der Waals surface area contributed by atoms with Gasteiger partial charge in [0.2, 0.25) is 0 Å². The van der Waals surface area contributed by atoms with E-state index in [0.717, 1.165) is 35.9 Å². The summed E-state index contributed by atoms with van der Waals surface area (Å²) >= 11 is 0. The van der Waals surface area contributed by atoms with Crippen LogP contribution < -0.4 is 0 Å². The summed E-state index contributed by atoms with van der Waals surface area (Å²) in [6.45, 7) is 4.16. The summed E-state index contributed by atoms with van der Waals surface area (Å²) in [5, 5.41) is 19.0. The van der Waals surface area contributed by atoms with Gasteiger partial charge < -0.3 is 14.3 Å². The van der Waals surface area contributed by atoms with Crippen molar-refractivity contribution in [2.75, 3.05) is 27.4 Å². The van der Waals surface area contributed by atoms with Crippen molar-refractivity contribution in [2.24, 2.45) is 16.1 Å². The van der Waals surface area contributed by atoms with Crippen molar-refractivity contribution in [3.8, 4) is 5.75 Å². The van der Waals surface area contributed by atoms with E-state index < -0.39 is 0 Å². The third-order valence-corrected chi connectivity index (χ3v) is 6.04. The summed E-state index contributed by atoms with van der Waals surface area (Å²) in [7, 11) is 4.25. The summed E-state index contributed by atoms with van der Waals surface area (Å²) in [6.07, 6.45) is 9.47. The zero-order valence-corrected chi connectivity index (χ0v) is 19.4. The first-order chi connectivity index (χ1) is 14.9. The van der Waals surface area contributed by atoms with Crippen LogP contribution in [0.25, 0.3) is 0 Å². The standard InChI is InChI=1S/C26H37N3O2/c1-21-11-13-24(14-12-21)27-28-25-15-16-26(30)23(18-25)19-29(2,3)20-31-17-7-10-22-8-5-4-6-9-22/h11-16,18,22H,4-10,17,19-20H2,1-3H3/p+1. The van der Waals surface area contributed by atoms with Gasteiger partial charge in [-0.1, -0.05) is 49.8 Å². The SMILES string of the molecule is Cc1ccc(N=Nc2ccc(O)c(C[N+](C)(C)COCCCC3CCCCC3)c2)cc1. The first kappa shape index (κ1) is 23.4. The van der Waals surface area contributed by atoms with Crippen molar-refractivity contribution in [3.05, 3.63) is 53.6 Å². The van der Waals surface area contributed by atoms with Crippen molar-refractivity contribution < 1.29 is 14.3 Å². The molecular formula is C26H38N3O2+. The molecule has 1 N–H and O–H groups in total. The molecule has 2 aromatic carbocycles. The molecule has 5 nitrogen and oxygen atoms in total. The molecule has 0 bridgehead atoms. The Bertz CT molecular complexity index is 840. The molecule has 0 amide bonds. The Labute approximate surface area is 187 Å². The fourth-order valence-electron chi connectivity index (χ4n) is 4.26. The van der Waals surface area contributed by atoms with E-state index >= 15 is 0 Å². The molecule has 0 atom stereocenters. The first-order valence-electron chi connectivity index (χ1n) is 11.6. The van der Waals surface area contributed by atoms with Crippen LogP contribution in [0, 0.1) is 12.8 Å². The van der Waals surface area contributed by atoms with Gasteiger partial charge in [0.15, 0.2) is 6.73 Å². The fraction of sp³-hybridized carbons (Fsp3) is 0.538. The molecule has 0 aromatic heterocycles. The maximum Gasteiger partial charge on any atom is 0.182 e. The highest BCUT2D eigenvalue weighted by Gasteiger charge is 2.19. The van der Waals surface area contributed by atoms with Gasteiger partial charge in [-0.3, -0.25) is 0 Å². The molecule has 3 rings (SSSR count). The Morgan fingerprint density at radius 1 is 0.968 bits per heavy atom. The van der Waals surface area contributed by atoms with Crippen LogP contribution in [0.5, 0.6) is 5.75 Å². The Morgan fingerprint density at radius 2 is 1.65 bits per heavy atom. The molecule has 0 spiro atoms. The molecule has 31 heavy (non-hydrogen) atoms. The van der Waals surface area contributed by atoms with Crippen LogP contribution >= 0.6 is 0 Å². The van der Waals surface area contributed by atoms with E-state index in [1.807, 2.05) is 37.3 Å². The normalized spacial score (nSPS) is 15.6. The predicted molar refractivity (Wildman–Crippen MR) is 126 cm³/mol. The lowest BCUT2D eigenvalue weighted by Crippen LogP contribution is -2.40. The number of hydrogen-bond acceptors (Lipinski definition) is 4. The Morgan fingerprint density at radius 3 is 2.39 bits per heavy atom. The van der Waals surface area contributed by atoms with Gasteiger partial charge in [-0.15, -0.1) is 0 Å². The molecule has 1 aliphatic rings. The third-order valence-electron chi connectivity index (χ3n) is 6.04. The zero-order chi connectivity index (χ0) is 22.1. The van der Waals surface area contributed by atoms with E-state index in [9.17, 15) is 5.11 Å². The highest BCUT2D eigenvalue weighted by Crippen LogP contribution is 2.28. The van der Waals surface area contributed by atoms with Crippen molar-refractivity contribution in [1.82, 2.24) is 0 Å². The summed E-state index contributed by atoms with van der Waals surface area (Å²) in [6, 6.07) is 13.3. The molecular weight excluding hydrogens is 386 g/mol. The molecule has 0 aliphatic heterocycles. The second-order valence-electron chi connectivity index (χ2n) is 9.63. The molecule has 0 unspecified atom stereocenters. The maximum absolute atomic E-state index is 10.3. The van der Waals surface area contributed by atoms with Crippen LogP contribution in [0.3, 0.4) is 0 Å². The van der Waals surface area contributed by atoms with Crippen LogP contribution in [0.15, 0.2) is 52.7 Å². The lowest BCUT2D eigenvalue weighted by Gasteiger charge is -2.29. The Balaban J connectivity index is 1.49. The molecule has 1 aliphatic carbocycles. The summed E-state index contributed by atoms with van der Waals surface area (Å²) in [5.41, 5.74) is 3.61. The molecule has 1 fully saturated rings. The van der Waals surface area contributed by atoms with E-state index in [4.69, 9.17) is 4.74 Å². The van der Waals surface area contributed by atoms with Crippen LogP contribution in [0.2, 0.25) is 0 Å². The second-order valence-corrected chi connectivity index (χ2v) is 9.63. The van der Waals surface area contributed by atoms with Crippen LogP contribution in [0.4, 0.5) is 11.4 Å². The smallest absolute Gasteiger partial charge is 0.182 e. The van der Waals surface area contributed by atoms with E-state index in [0.29, 0.717) is 17.8 Å². The predicted octanol–water partition coefficient (Wildman–Crippen LogP) is 7.03. The summed E-state index contributed by atoms with van der Waals surface area (Å²) < 4.78 is 6.64. The van der Waals surface area contributed by atoms with Crippen LogP contribution in [-0.2, 0) is 11.3 Å². The number of nitrogens with zero attached hydrogens (tertiary/aromatic N) is 3. The number of rotatable bonds is 10. The molecule has 5 heteroatoms. The van der Waals surface area contributed by atoms with Gasteiger partial charge in [0.05, 0.1) is 37.6 Å². The number of ether oxygens (including phenoxy) is 1. The van der Waals surface area contributed by atoms with Crippen molar-refractivity contribution in [2.45, 2.75) is 58.4 Å².